The zero-order valence-corrected chi connectivity index (χ0v) is 43.0. The number of aromatic nitrogens is 1. The molecule has 4 heterocycles. The molecule has 1 aromatic heterocycles. The van der Waals surface area contributed by atoms with E-state index in [-0.39, 0.29) is 10.6 Å². The van der Waals surface area contributed by atoms with E-state index >= 15 is 4.55 Å². The number of H-pyrrole nitrogens is 1. The van der Waals surface area contributed by atoms with E-state index in [1.165, 1.54) is 25.8 Å². The SMILES string of the molecule is CC[C@H](C)[C@@H]1NC(=O)CNC(=O)[C@@H]2Cc3c([nH]c4c(CSCCCCN=[N+]=[N-])c(OC)ccc34)[S+]([O-])C[C@H](NC(=O)CNC1=O)C(=O)N[C@@H](CC(N)=O)C(=O)N1C[C@H](O)CC1C(=O)N[C@@H]([C@@H](C)[C@@H](O)CO)C(=O)N2. The molecule has 406 valence electrons. The van der Waals surface area contributed by atoms with Crippen LogP contribution in [0.25, 0.3) is 21.3 Å². The first-order valence-corrected chi connectivity index (χ1v) is 26.5. The highest BCUT2D eigenvalue weighted by molar-refractivity contribution is 7.98. The fourth-order valence-corrected chi connectivity index (χ4v) is 11.2. The number of nitrogens with two attached hydrogens (primary N) is 1. The van der Waals surface area contributed by atoms with Crippen molar-refractivity contribution < 1.29 is 67.8 Å². The standard InChI is InChI=1S/C45H65N13O14S2/c1-5-21(2)36-42(68)49-15-34(63)51-29-20-74(71)44-25(24-8-9-32(72-4)26(38(24)56-44)19-73-11-7-6-10-50-57-47)13-27(39(65)48-16-35(64)54-36)52-43(69)37(22(3)31(61)18-59)55-41(67)30-12-23(60)17-58(30)45(70)28(14-33(46)62)53-40(29)66/h8-9,21-23,27-31,36-37,56,59-61H,5-7,10-20H2,1-4H3,(H2,46,62)(H,48,65)(H,49,68)(H,51,63)(H,52,69)(H,53,66)(H,54,64)(H,55,67)/t21-,22-,23+,27-,28-,29-,30?,31-,36-,37-,74?/m0/s1. The van der Waals surface area contributed by atoms with Crippen LogP contribution in [0.1, 0.15) is 64.0 Å². The van der Waals surface area contributed by atoms with E-state index in [9.17, 15) is 58.5 Å². The lowest BCUT2D eigenvalue weighted by Crippen LogP contribution is -2.62. The molecule has 74 heavy (non-hydrogen) atoms. The number of hydrogen-bond acceptors (Lipinski definition) is 16. The third kappa shape index (κ3) is 14.9. The van der Waals surface area contributed by atoms with Crippen LogP contribution in [0.3, 0.4) is 0 Å². The molecule has 2 bridgehead atoms. The van der Waals surface area contributed by atoms with Gasteiger partial charge in [0.25, 0.3) is 0 Å². The number of rotatable bonds is 15. The second kappa shape index (κ2) is 27.3. The Morgan fingerprint density at radius 3 is 2.32 bits per heavy atom. The van der Waals surface area contributed by atoms with E-state index in [0.29, 0.717) is 59.5 Å². The van der Waals surface area contributed by atoms with Gasteiger partial charge in [0, 0.05) is 70.2 Å². The molecule has 11 atom stereocenters. The Morgan fingerprint density at radius 1 is 0.959 bits per heavy atom. The Labute approximate surface area is 432 Å². The molecule has 29 heteroatoms. The number of primary amides is 1. The third-order valence-corrected chi connectivity index (χ3v) is 15.6. The average molecular weight is 1080 g/mol. The number of carbonyl (C=O) groups is 9. The lowest BCUT2D eigenvalue weighted by molar-refractivity contribution is -0.144. The van der Waals surface area contributed by atoms with Gasteiger partial charge in [-0.1, -0.05) is 32.3 Å². The minimum absolute atomic E-state index is 0.120. The number of methoxy groups -OCH3 is 1. The minimum Gasteiger partial charge on any atom is -0.610 e. The number of ether oxygens (including phenoxy) is 1. The Morgan fingerprint density at radius 2 is 1.66 bits per heavy atom. The van der Waals surface area contributed by atoms with Gasteiger partial charge in [0.1, 0.15) is 41.7 Å². The van der Waals surface area contributed by atoms with Crippen molar-refractivity contribution in [3.63, 3.8) is 0 Å². The van der Waals surface area contributed by atoms with Crippen molar-refractivity contribution in [1.29, 1.82) is 0 Å². The quantitative estimate of drug-likeness (QED) is 0.0273. The zero-order valence-electron chi connectivity index (χ0n) is 41.3. The number of hydrogen-bond donors (Lipinski definition) is 12. The molecule has 0 radical (unpaired) electrons. The molecule has 0 saturated carbocycles. The van der Waals surface area contributed by atoms with Gasteiger partial charge in [0.2, 0.25) is 58.2 Å². The molecule has 13 N–H and O–H groups in total. The smallest absolute Gasteiger partial charge is 0.248 e. The highest BCUT2D eigenvalue weighted by Crippen LogP contribution is 2.37. The molecule has 1 fully saturated rings. The first-order valence-electron chi connectivity index (χ1n) is 24.0. The predicted octanol–water partition coefficient (Wildman–Crippen LogP) is -3.29. The van der Waals surface area contributed by atoms with E-state index in [0.717, 1.165) is 4.90 Å². The Bertz CT molecular complexity index is 2480. The van der Waals surface area contributed by atoms with Gasteiger partial charge in [-0.2, -0.15) is 11.8 Å². The molecule has 0 aliphatic carbocycles. The summed E-state index contributed by atoms with van der Waals surface area (Å²) in [6, 6.07) is -6.81. The number of benzene rings is 1. The van der Waals surface area contributed by atoms with Crippen LogP contribution in [0.15, 0.2) is 22.3 Å². The van der Waals surface area contributed by atoms with E-state index < -0.39 is 176 Å². The van der Waals surface area contributed by atoms with Crippen LogP contribution < -0.4 is 47.7 Å². The van der Waals surface area contributed by atoms with Crippen molar-refractivity contribution in [1.82, 2.24) is 47.1 Å². The molecule has 2 aromatic rings. The Balaban J connectivity index is 1.77. The number of aromatic amines is 1. The lowest BCUT2D eigenvalue weighted by Gasteiger charge is -2.32. The van der Waals surface area contributed by atoms with Crippen LogP contribution in [0.2, 0.25) is 0 Å². The molecule has 27 nitrogen and oxygen atoms in total. The topological polar surface area (TPSA) is 425 Å². The maximum Gasteiger partial charge on any atom is 0.248 e. The highest BCUT2D eigenvalue weighted by atomic mass is 32.2. The van der Waals surface area contributed by atoms with E-state index in [4.69, 9.17) is 16.0 Å². The van der Waals surface area contributed by atoms with Gasteiger partial charge >= 0.3 is 0 Å². The number of nitrogens with one attached hydrogen (secondary N) is 8. The van der Waals surface area contributed by atoms with Crippen LogP contribution in [0.4, 0.5) is 0 Å². The summed E-state index contributed by atoms with van der Waals surface area (Å²) in [5.41, 5.74) is 15.3. The molecule has 3 aliphatic rings. The number of azide groups is 1. The second-order valence-electron chi connectivity index (χ2n) is 18.3. The summed E-state index contributed by atoms with van der Waals surface area (Å²) in [6.07, 6.45) is -3.17. The van der Waals surface area contributed by atoms with Gasteiger partial charge in [-0.05, 0) is 42.2 Å². The van der Waals surface area contributed by atoms with E-state index in [1.54, 1.807) is 26.0 Å². The van der Waals surface area contributed by atoms with Gasteiger partial charge in [-0.25, -0.2) is 0 Å². The molecule has 1 saturated heterocycles. The minimum atomic E-state index is -2.41. The van der Waals surface area contributed by atoms with Crippen molar-refractivity contribution in [2.45, 2.75) is 119 Å². The van der Waals surface area contributed by atoms with Gasteiger partial charge in [-0.3, -0.25) is 43.2 Å². The van der Waals surface area contributed by atoms with Crippen molar-refractivity contribution in [2.24, 2.45) is 22.7 Å². The molecule has 5 rings (SSSR count). The van der Waals surface area contributed by atoms with E-state index in [1.807, 2.05) is 0 Å². The summed E-state index contributed by atoms with van der Waals surface area (Å²) < 4.78 is 20.9. The summed E-state index contributed by atoms with van der Waals surface area (Å²) in [5, 5.41) is 52.9. The van der Waals surface area contributed by atoms with Gasteiger partial charge < -0.3 is 77.4 Å². The summed E-state index contributed by atoms with van der Waals surface area (Å²) in [6.45, 7) is 2.06. The molecule has 0 spiro atoms. The number of nitrogens with zero attached hydrogens (tertiary/aromatic N) is 4. The van der Waals surface area contributed by atoms with Crippen LogP contribution in [0.5, 0.6) is 5.75 Å². The molecular weight excluding hydrogens is 1010 g/mol. The van der Waals surface area contributed by atoms with Crippen molar-refractivity contribution in [3.8, 4) is 5.75 Å². The summed E-state index contributed by atoms with van der Waals surface area (Å²) in [4.78, 5) is 133. The largest absolute Gasteiger partial charge is 0.610 e. The van der Waals surface area contributed by atoms with Crippen LogP contribution >= 0.6 is 11.8 Å². The first-order chi connectivity index (χ1) is 35.2. The maximum atomic E-state index is 15.1. The molecule has 1 aromatic carbocycles. The van der Waals surface area contributed by atoms with Gasteiger partial charge in [0.05, 0.1) is 51.0 Å². The van der Waals surface area contributed by atoms with Crippen LogP contribution in [-0.4, -0.2) is 183 Å². The van der Waals surface area contributed by atoms with Gasteiger partial charge in [-0.15, -0.1) is 0 Å². The van der Waals surface area contributed by atoms with Crippen LogP contribution in [-0.2, 0) is 66.5 Å². The molecule has 3 aliphatic heterocycles. The average Bonchev–Trinajstić information content (AvgIpc) is 3.95. The van der Waals surface area contributed by atoms with E-state index in [2.05, 4.69) is 52.2 Å². The second-order valence-corrected chi connectivity index (χ2v) is 20.8. The normalized spacial score (nSPS) is 26.1. The van der Waals surface area contributed by atoms with Gasteiger partial charge in [0.15, 0.2) is 6.04 Å². The van der Waals surface area contributed by atoms with Crippen molar-refractivity contribution in [3.05, 3.63) is 33.7 Å². The zero-order chi connectivity index (χ0) is 54.4. The maximum absolute atomic E-state index is 15.1. The number of amides is 9. The molecule has 9 amide bonds. The van der Waals surface area contributed by atoms with Crippen LogP contribution in [0, 0.1) is 11.8 Å². The lowest BCUT2D eigenvalue weighted by atomic mass is 9.93. The number of unbranched alkanes of at least 4 members (excludes halogenated alkanes) is 1. The monoisotopic (exact) mass is 1080 g/mol. The first kappa shape index (κ1) is 58.5. The number of aliphatic hydroxyl groups excluding tert-OH is 3. The van der Waals surface area contributed by atoms with Crippen molar-refractivity contribution in [2.75, 3.05) is 51.4 Å². The summed E-state index contributed by atoms with van der Waals surface area (Å²) in [7, 11) is 1.43. The number of aliphatic hydroxyl groups is 3. The molecule has 2 unspecified atom stereocenters. The number of carbonyl (C=O) groups excluding carboxylic acids is 9. The summed E-state index contributed by atoms with van der Waals surface area (Å²) >= 11 is -0.917. The highest BCUT2D eigenvalue weighted by Gasteiger charge is 2.45. The predicted molar refractivity (Wildman–Crippen MR) is 267 cm³/mol. The third-order valence-electron chi connectivity index (χ3n) is 13.1. The Hall–Kier alpha value is -6.36. The fraction of sp³-hybridized carbons (Fsp3) is 0.622. The molecular formula is C45H65N13O14S2. The number of thioether (sulfide) groups is 1. The number of fused-ring (bicyclic) bond motifs is 5. The summed E-state index contributed by atoms with van der Waals surface area (Å²) in [5.74, 6) is -10.5. The Kier molecular flexibility index (Phi) is 21.6. The fourth-order valence-electron chi connectivity index (χ4n) is 8.76. The van der Waals surface area contributed by atoms with Crippen molar-refractivity contribution >= 4 is 87.0 Å².